The average Bonchev–Trinajstić information content (AvgIpc) is 3.56. The number of rotatable bonds is 9. The molecule has 0 bridgehead atoms. The molecule has 8 heteroatoms. The van der Waals surface area contributed by atoms with Gasteiger partial charge in [0.1, 0.15) is 0 Å². The van der Waals surface area contributed by atoms with Crippen LogP contribution in [0.5, 0.6) is 0 Å². The van der Waals surface area contributed by atoms with Crippen LogP contribution in [0, 0.1) is 5.92 Å². The lowest BCUT2D eigenvalue weighted by Crippen LogP contribution is -2.41. The van der Waals surface area contributed by atoms with Crippen molar-refractivity contribution in [2.24, 2.45) is 5.92 Å². The first kappa shape index (κ1) is 23.9. The third-order valence-electron chi connectivity index (χ3n) is 5.83. The van der Waals surface area contributed by atoms with E-state index in [1.54, 1.807) is 40.9 Å². The fourth-order valence-corrected chi connectivity index (χ4v) is 6.88. The molecule has 1 fully saturated rings. The van der Waals surface area contributed by atoms with Crippen LogP contribution in [0.3, 0.4) is 0 Å². The summed E-state index contributed by atoms with van der Waals surface area (Å²) in [6.45, 7) is 1.14. The average molecular weight is 501 g/mol. The van der Waals surface area contributed by atoms with Gasteiger partial charge in [0, 0.05) is 33.5 Å². The molecule has 5 nitrogen and oxygen atoms in total. The van der Waals surface area contributed by atoms with E-state index in [4.69, 9.17) is 0 Å². The molecule has 1 amide bonds. The minimum absolute atomic E-state index is 0.0431. The number of benzene rings is 1. The molecule has 2 N–H and O–H groups in total. The maximum atomic E-state index is 12.8. The van der Waals surface area contributed by atoms with E-state index >= 15 is 0 Å². The summed E-state index contributed by atoms with van der Waals surface area (Å²) >= 11 is 3.45. The molecule has 0 aliphatic heterocycles. The molecule has 174 valence electrons. The first-order chi connectivity index (χ1) is 15.9. The highest BCUT2D eigenvalue weighted by Gasteiger charge is 2.32. The Hall–Kier alpha value is -2.26. The normalized spacial score (nSPS) is 18.7. The van der Waals surface area contributed by atoms with Crippen LogP contribution < -0.4 is 10.6 Å². The molecule has 0 spiro atoms. The van der Waals surface area contributed by atoms with E-state index in [-0.39, 0.29) is 17.9 Å². The van der Waals surface area contributed by atoms with Crippen molar-refractivity contribution < 1.29 is 13.2 Å². The zero-order valence-corrected chi connectivity index (χ0v) is 20.9. The Morgan fingerprint density at radius 3 is 2.73 bits per heavy atom. The van der Waals surface area contributed by atoms with Gasteiger partial charge in [-0.3, -0.25) is 4.79 Å². The summed E-state index contributed by atoms with van der Waals surface area (Å²) in [7, 11) is -3.27. The topological polar surface area (TPSA) is 75.3 Å². The first-order valence-electron chi connectivity index (χ1n) is 11.0. The molecular formula is C25H28N2O3S3. The van der Waals surface area contributed by atoms with E-state index in [9.17, 15) is 13.2 Å². The summed E-state index contributed by atoms with van der Waals surface area (Å²) in [4.78, 5) is 16.8. The van der Waals surface area contributed by atoms with Gasteiger partial charge in [-0.1, -0.05) is 42.8 Å². The number of hydrogen-bond acceptors (Lipinski definition) is 6. The molecule has 1 aliphatic carbocycles. The van der Waals surface area contributed by atoms with Crippen molar-refractivity contribution in [3.05, 3.63) is 70.4 Å². The summed E-state index contributed by atoms with van der Waals surface area (Å²) < 4.78 is 23.9. The maximum absolute atomic E-state index is 12.8. The van der Waals surface area contributed by atoms with Gasteiger partial charge in [-0.05, 0) is 48.1 Å². The zero-order valence-electron chi connectivity index (χ0n) is 18.5. The second-order valence-corrected chi connectivity index (χ2v) is 12.3. The van der Waals surface area contributed by atoms with Gasteiger partial charge in [0.25, 0.3) is 0 Å². The molecule has 0 saturated heterocycles. The van der Waals surface area contributed by atoms with Crippen LogP contribution in [0.2, 0.25) is 0 Å². The van der Waals surface area contributed by atoms with Gasteiger partial charge < -0.3 is 10.6 Å². The summed E-state index contributed by atoms with van der Waals surface area (Å²) in [5, 5.41) is 8.66. The number of carbonyl (C=O) groups excluding carboxylic acids is 1. The molecule has 0 unspecified atom stereocenters. The van der Waals surface area contributed by atoms with Crippen LogP contribution in [-0.4, -0.2) is 33.2 Å². The van der Waals surface area contributed by atoms with Gasteiger partial charge in [-0.15, -0.1) is 22.7 Å². The van der Waals surface area contributed by atoms with Crippen molar-refractivity contribution in [3.8, 4) is 9.75 Å². The molecular weight excluding hydrogens is 472 g/mol. The summed E-state index contributed by atoms with van der Waals surface area (Å²) in [6, 6.07) is 15.5. The van der Waals surface area contributed by atoms with Gasteiger partial charge in [0.15, 0.2) is 9.84 Å². The van der Waals surface area contributed by atoms with E-state index in [1.807, 2.05) is 24.3 Å². The molecule has 2 atom stereocenters. The van der Waals surface area contributed by atoms with Crippen LogP contribution in [-0.2, 0) is 21.2 Å². The van der Waals surface area contributed by atoms with Crippen LogP contribution in [0.1, 0.15) is 29.7 Å². The number of hydrogen-bond donors (Lipinski definition) is 2. The Morgan fingerprint density at radius 2 is 1.94 bits per heavy atom. The number of amides is 1. The Labute approximate surface area is 203 Å². The largest absolute Gasteiger partial charge is 0.351 e. The molecule has 3 aromatic rings. The Kier molecular flexibility index (Phi) is 7.80. The molecule has 4 rings (SSSR count). The standard InChI is InChI=1S/C25H28N2O3S3/c1-33(29,30)24-12-3-2-7-18(24)8-5-15-26-21-10-4-9-20(21)25(28)27-17-19-13-14-23(32-19)22-11-6-16-31-22/h2-3,5-8,11-14,16,20-21,26H,4,9-10,15,17H2,1H3,(H,27,28)/b8-5+/t20-,21-/m0/s1. The number of thiophene rings is 2. The fraction of sp³-hybridized carbons (Fsp3) is 0.320. The molecule has 0 radical (unpaired) electrons. The summed E-state index contributed by atoms with van der Waals surface area (Å²) in [5.74, 6) is 0.0564. The van der Waals surface area contributed by atoms with Crippen LogP contribution in [0.15, 0.2) is 64.9 Å². The minimum Gasteiger partial charge on any atom is -0.351 e. The van der Waals surface area contributed by atoms with Crippen molar-refractivity contribution in [1.29, 1.82) is 0 Å². The fourth-order valence-electron chi connectivity index (χ4n) is 4.21. The molecule has 2 heterocycles. The van der Waals surface area contributed by atoms with Crippen molar-refractivity contribution in [3.63, 3.8) is 0 Å². The van der Waals surface area contributed by atoms with E-state index in [1.165, 1.54) is 16.0 Å². The highest BCUT2D eigenvalue weighted by molar-refractivity contribution is 7.90. The number of carbonyl (C=O) groups is 1. The van der Waals surface area contributed by atoms with E-state index in [0.29, 0.717) is 23.5 Å². The lowest BCUT2D eigenvalue weighted by Gasteiger charge is -2.19. The second-order valence-electron chi connectivity index (χ2n) is 8.23. The van der Waals surface area contributed by atoms with Crippen LogP contribution in [0.25, 0.3) is 15.8 Å². The van der Waals surface area contributed by atoms with Gasteiger partial charge in [-0.25, -0.2) is 8.42 Å². The predicted molar refractivity (Wildman–Crippen MR) is 137 cm³/mol. The Morgan fingerprint density at radius 1 is 1.09 bits per heavy atom. The smallest absolute Gasteiger partial charge is 0.224 e. The lowest BCUT2D eigenvalue weighted by molar-refractivity contribution is -0.125. The molecule has 2 aromatic heterocycles. The van der Waals surface area contributed by atoms with Crippen molar-refractivity contribution in [2.45, 2.75) is 36.7 Å². The zero-order chi connectivity index (χ0) is 23.3. The second kappa shape index (κ2) is 10.8. The van der Waals surface area contributed by atoms with Crippen molar-refractivity contribution >= 4 is 44.5 Å². The minimum atomic E-state index is -3.27. The van der Waals surface area contributed by atoms with Crippen LogP contribution >= 0.6 is 22.7 Å². The number of sulfone groups is 1. The third kappa shape index (κ3) is 6.20. The number of nitrogens with one attached hydrogen (secondary N) is 2. The van der Waals surface area contributed by atoms with Crippen molar-refractivity contribution in [1.82, 2.24) is 10.6 Å². The predicted octanol–water partition coefficient (Wildman–Crippen LogP) is 4.97. The quantitative estimate of drug-likeness (QED) is 0.435. The van der Waals surface area contributed by atoms with Gasteiger partial charge in [-0.2, -0.15) is 0 Å². The highest BCUT2D eigenvalue weighted by atomic mass is 32.2. The van der Waals surface area contributed by atoms with E-state index in [2.05, 4.69) is 34.2 Å². The van der Waals surface area contributed by atoms with E-state index < -0.39 is 9.84 Å². The Balaban J connectivity index is 1.28. The third-order valence-corrected chi connectivity index (χ3v) is 9.15. The summed E-state index contributed by atoms with van der Waals surface area (Å²) in [6.07, 6.45) is 7.85. The Bertz CT molecular complexity index is 1210. The lowest BCUT2D eigenvalue weighted by atomic mass is 10.0. The van der Waals surface area contributed by atoms with E-state index in [0.717, 1.165) is 24.1 Å². The van der Waals surface area contributed by atoms with Gasteiger partial charge in [0.05, 0.1) is 17.4 Å². The van der Waals surface area contributed by atoms with Gasteiger partial charge in [0.2, 0.25) is 5.91 Å². The monoisotopic (exact) mass is 500 g/mol. The molecule has 33 heavy (non-hydrogen) atoms. The van der Waals surface area contributed by atoms with Crippen LogP contribution in [0.4, 0.5) is 0 Å². The first-order valence-corrected chi connectivity index (χ1v) is 14.6. The van der Waals surface area contributed by atoms with Crippen molar-refractivity contribution in [2.75, 3.05) is 12.8 Å². The van der Waals surface area contributed by atoms with Gasteiger partial charge >= 0.3 is 0 Å². The summed E-state index contributed by atoms with van der Waals surface area (Å²) in [5.41, 5.74) is 0.681. The molecule has 1 aromatic carbocycles. The maximum Gasteiger partial charge on any atom is 0.224 e. The highest BCUT2D eigenvalue weighted by Crippen LogP contribution is 2.32. The molecule has 1 saturated carbocycles. The molecule has 1 aliphatic rings. The SMILES string of the molecule is CS(=O)(=O)c1ccccc1/C=C/CN[C@H]1CCC[C@@H]1C(=O)NCc1ccc(-c2cccs2)s1.